The number of amides is 1. The Labute approximate surface area is 99.2 Å². The molecule has 0 aromatic carbocycles. The zero-order chi connectivity index (χ0) is 12.4. The van der Waals surface area contributed by atoms with Gasteiger partial charge in [0, 0.05) is 24.7 Å². The van der Waals surface area contributed by atoms with Crippen LogP contribution in [0.2, 0.25) is 0 Å². The number of likely N-dealkylation sites (tertiary alicyclic amines) is 1. The average Bonchev–Trinajstić information content (AvgIpc) is 2.29. The van der Waals surface area contributed by atoms with Crippen LogP contribution < -0.4 is 11.4 Å². The van der Waals surface area contributed by atoms with E-state index in [1.54, 1.807) is 4.90 Å². The Balaban J connectivity index is 2.14. The summed E-state index contributed by atoms with van der Waals surface area (Å²) in [6.45, 7) is 2.64. The van der Waals surface area contributed by atoms with Gasteiger partial charge < -0.3 is 15.1 Å². The van der Waals surface area contributed by atoms with Gasteiger partial charge in [0.05, 0.1) is 5.56 Å². The molecule has 2 heterocycles. The van der Waals surface area contributed by atoms with Crippen LogP contribution in [-0.2, 0) is 0 Å². The van der Waals surface area contributed by atoms with Crippen molar-refractivity contribution >= 4 is 5.91 Å². The fraction of sp³-hybridized carbons (Fsp3) is 0.500. The smallest absolute Gasteiger partial charge is 0.335 e. The lowest BCUT2D eigenvalue weighted by molar-refractivity contribution is 0.0616. The molecule has 0 aliphatic carbocycles. The summed E-state index contributed by atoms with van der Waals surface area (Å²) in [5.74, 6) is -0.104. The first-order valence-electron chi connectivity index (χ1n) is 5.73. The fourth-order valence-electron chi connectivity index (χ4n) is 2.16. The molecule has 1 aromatic heterocycles. The molecule has 0 bridgehead atoms. The van der Waals surface area contributed by atoms with Gasteiger partial charge in [-0.1, -0.05) is 0 Å². The van der Waals surface area contributed by atoms with Gasteiger partial charge in [-0.2, -0.15) is 0 Å². The monoisotopic (exact) mass is 236 g/mol. The molecule has 1 amide bonds. The molecule has 1 aromatic rings. The van der Waals surface area contributed by atoms with E-state index in [2.05, 4.69) is 0 Å². The first-order chi connectivity index (χ1) is 8.08. The standard InChI is InChI=1S/C12H16N2O3/c1-8-6-10(13)4-5-14(8)12(16)9-2-3-11(15)17-7-9/h2-3,7-8,10H,4-6,13H2,1H3. The van der Waals surface area contributed by atoms with E-state index in [-0.39, 0.29) is 18.0 Å². The van der Waals surface area contributed by atoms with Crippen LogP contribution in [-0.4, -0.2) is 29.4 Å². The van der Waals surface area contributed by atoms with E-state index in [0.717, 1.165) is 12.8 Å². The molecule has 1 fully saturated rings. The number of hydrogen-bond donors (Lipinski definition) is 1. The predicted octanol–water partition coefficient (Wildman–Crippen LogP) is 0.592. The summed E-state index contributed by atoms with van der Waals surface area (Å²) >= 11 is 0. The number of carbonyl (C=O) groups excluding carboxylic acids is 1. The van der Waals surface area contributed by atoms with Crippen molar-refractivity contribution in [2.75, 3.05) is 6.54 Å². The molecule has 5 nitrogen and oxygen atoms in total. The summed E-state index contributed by atoms with van der Waals surface area (Å²) in [6.07, 6.45) is 2.83. The Morgan fingerprint density at radius 1 is 1.53 bits per heavy atom. The highest BCUT2D eigenvalue weighted by molar-refractivity contribution is 5.94. The molecule has 1 aliphatic rings. The SMILES string of the molecule is CC1CC(N)CCN1C(=O)c1ccc(=O)oc1. The summed E-state index contributed by atoms with van der Waals surface area (Å²) in [5.41, 5.74) is 5.81. The second-order valence-corrected chi connectivity index (χ2v) is 4.48. The Kier molecular flexibility index (Phi) is 3.28. The lowest BCUT2D eigenvalue weighted by Crippen LogP contribution is -2.48. The average molecular weight is 236 g/mol. The molecule has 2 rings (SSSR count). The maximum Gasteiger partial charge on any atom is 0.335 e. The third-order valence-corrected chi connectivity index (χ3v) is 3.13. The number of nitrogens with two attached hydrogens (primary N) is 1. The first kappa shape index (κ1) is 11.9. The van der Waals surface area contributed by atoms with Gasteiger partial charge in [0.25, 0.3) is 5.91 Å². The molecular formula is C12H16N2O3. The Morgan fingerprint density at radius 2 is 2.29 bits per heavy atom. The predicted molar refractivity (Wildman–Crippen MR) is 62.7 cm³/mol. The number of nitrogens with zero attached hydrogens (tertiary/aromatic N) is 1. The van der Waals surface area contributed by atoms with Crippen molar-refractivity contribution in [3.63, 3.8) is 0 Å². The summed E-state index contributed by atoms with van der Waals surface area (Å²) in [4.78, 5) is 24.7. The molecule has 17 heavy (non-hydrogen) atoms. The van der Waals surface area contributed by atoms with E-state index in [1.807, 2.05) is 6.92 Å². The number of piperidine rings is 1. The van der Waals surface area contributed by atoms with Crippen LogP contribution >= 0.6 is 0 Å². The van der Waals surface area contributed by atoms with Crippen LogP contribution in [0.25, 0.3) is 0 Å². The van der Waals surface area contributed by atoms with Crippen molar-refractivity contribution in [1.29, 1.82) is 0 Å². The Bertz CT molecular complexity index is 449. The van der Waals surface area contributed by atoms with E-state index in [0.29, 0.717) is 12.1 Å². The minimum absolute atomic E-state index is 0.104. The van der Waals surface area contributed by atoms with Crippen LogP contribution in [0.3, 0.4) is 0 Å². The van der Waals surface area contributed by atoms with Crippen molar-refractivity contribution in [3.05, 3.63) is 34.4 Å². The quantitative estimate of drug-likeness (QED) is 0.774. The zero-order valence-corrected chi connectivity index (χ0v) is 9.76. The van der Waals surface area contributed by atoms with Gasteiger partial charge in [-0.25, -0.2) is 4.79 Å². The van der Waals surface area contributed by atoms with Crippen LogP contribution in [0.15, 0.2) is 27.6 Å². The molecular weight excluding hydrogens is 220 g/mol. The summed E-state index contributed by atoms with van der Waals surface area (Å²) < 4.78 is 4.70. The number of rotatable bonds is 1. The second-order valence-electron chi connectivity index (χ2n) is 4.48. The molecule has 2 unspecified atom stereocenters. The fourth-order valence-corrected chi connectivity index (χ4v) is 2.16. The normalized spacial score (nSPS) is 24.7. The molecule has 92 valence electrons. The van der Waals surface area contributed by atoms with Gasteiger partial charge in [-0.05, 0) is 25.8 Å². The largest absolute Gasteiger partial charge is 0.430 e. The molecule has 1 aliphatic heterocycles. The van der Waals surface area contributed by atoms with E-state index in [1.165, 1.54) is 18.4 Å². The Morgan fingerprint density at radius 3 is 2.88 bits per heavy atom. The van der Waals surface area contributed by atoms with Crippen molar-refractivity contribution in [2.45, 2.75) is 31.8 Å². The molecule has 0 spiro atoms. The maximum atomic E-state index is 12.2. The highest BCUT2D eigenvalue weighted by Crippen LogP contribution is 2.18. The Hall–Kier alpha value is -1.62. The van der Waals surface area contributed by atoms with Crippen LogP contribution in [0, 0.1) is 0 Å². The van der Waals surface area contributed by atoms with Crippen LogP contribution in [0.4, 0.5) is 0 Å². The third kappa shape index (κ3) is 2.55. The van der Waals surface area contributed by atoms with Crippen molar-refractivity contribution in [3.8, 4) is 0 Å². The van der Waals surface area contributed by atoms with Gasteiger partial charge >= 0.3 is 5.63 Å². The van der Waals surface area contributed by atoms with Crippen LogP contribution in [0.5, 0.6) is 0 Å². The van der Waals surface area contributed by atoms with Crippen LogP contribution in [0.1, 0.15) is 30.1 Å². The third-order valence-electron chi connectivity index (χ3n) is 3.13. The molecule has 5 heteroatoms. The molecule has 1 saturated heterocycles. The minimum atomic E-state index is -0.449. The van der Waals surface area contributed by atoms with Gasteiger partial charge in [-0.3, -0.25) is 4.79 Å². The maximum absolute atomic E-state index is 12.2. The number of hydrogen-bond acceptors (Lipinski definition) is 4. The van der Waals surface area contributed by atoms with Crippen molar-refractivity contribution < 1.29 is 9.21 Å². The summed E-state index contributed by atoms with van der Waals surface area (Å²) in [7, 11) is 0. The molecule has 2 atom stereocenters. The van der Waals surface area contributed by atoms with Gasteiger partial charge in [-0.15, -0.1) is 0 Å². The van der Waals surface area contributed by atoms with E-state index in [4.69, 9.17) is 10.2 Å². The van der Waals surface area contributed by atoms with Gasteiger partial charge in [0.2, 0.25) is 0 Å². The van der Waals surface area contributed by atoms with Gasteiger partial charge in [0.1, 0.15) is 6.26 Å². The molecule has 2 N–H and O–H groups in total. The molecule has 0 saturated carbocycles. The van der Waals surface area contributed by atoms with Crippen molar-refractivity contribution in [2.24, 2.45) is 5.73 Å². The highest BCUT2D eigenvalue weighted by Gasteiger charge is 2.27. The van der Waals surface area contributed by atoms with E-state index < -0.39 is 5.63 Å². The first-order valence-corrected chi connectivity index (χ1v) is 5.73. The van der Waals surface area contributed by atoms with Crippen molar-refractivity contribution in [1.82, 2.24) is 4.90 Å². The number of carbonyl (C=O) groups is 1. The minimum Gasteiger partial charge on any atom is -0.430 e. The summed E-state index contributed by atoms with van der Waals surface area (Å²) in [6, 6.07) is 3.05. The van der Waals surface area contributed by atoms with E-state index in [9.17, 15) is 9.59 Å². The lowest BCUT2D eigenvalue weighted by atomic mass is 9.98. The highest BCUT2D eigenvalue weighted by atomic mass is 16.4. The van der Waals surface area contributed by atoms with E-state index >= 15 is 0 Å². The van der Waals surface area contributed by atoms with Gasteiger partial charge in [0.15, 0.2) is 0 Å². The molecule has 0 radical (unpaired) electrons. The second kappa shape index (κ2) is 4.71. The summed E-state index contributed by atoms with van der Waals surface area (Å²) in [5, 5.41) is 0. The lowest BCUT2D eigenvalue weighted by Gasteiger charge is -2.36. The zero-order valence-electron chi connectivity index (χ0n) is 9.76. The topological polar surface area (TPSA) is 76.5 Å².